The first-order valence-electron chi connectivity index (χ1n) is 8.61. The minimum Gasteiger partial charge on any atom is -0.497 e. The standard InChI is InChI=1S/C22H18BrN3O/c1-27-19-11-6-16(7-12-19)14-26-15-21(23)25-22(26)13-10-18-9-8-17-4-2-3-5-20(17)24-18/h2-13,15H,14H2,1H3. The molecule has 4 nitrogen and oxygen atoms in total. The summed E-state index contributed by atoms with van der Waals surface area (Å²) >= 11 is 3.48. The highest BCUT2D eigenvalue weighted by atomic mass is 79.9. The van der Waals surface area contributed by atoms with E-state index in [1.165, 1.54) is 5.56 Å². The van der Waals surface area contributed by atoms with Gasteiger partial charge in [-0.25, -0.2) is 9.97 Å². The quantitative estimate of drug-likeness (QED) is 0.433. The average Bonchev–Trinajstić information content (AvgIpc) is 3.06. The zero-order chi connectivity index (χ0) is 18.6. The van der Waals surface area contributed by atoms with Crippen molar-refractivity contribution >= 4 is 39.0 Å². The highest BCUT2D eigenvalue weighted by molar-refractivity contribution is 9.10. The van der Waals surface area contributed by atoms with Crippen molar-refractivity contribution in [3.05, 3.63) is 88.5 Å². The molecule has 5 heteroatoms. The lowest BCUT2D eigenvalue weighted by Gasteiger charge is -2.06. The van der Waals surface area contributed by atoms with Crippen molar-refractivity contribution in [2.75, 3.05) is 7.11 Å². The van der Waals surface area contributed by atoms with Gasteiger partial charge in [0.05, 0.1) is 18.3 Å². The van der Waals surface area contributed by atoms with Crippen LogP contribution < -0.4 is 4.74 Å². The zero-order valence-electron chi connectivity index (χ0n) is 14.8. The van der Waals surface area contributed by atoms with Crippen molar-refractivity contribution in [3.8, 4) is 5.75 Å². The minimum absolute atomic E-state index is 0.730. The molecule has 0 bridgehead atoms. The molecule has 4 rings (SSSR count). The predicted molar refractivity (Wildman–Crippen MR) is 113 cm³/mol. The van der Waals surface area contributed by atoms with Crippen molar-refractivity contribution in [2.24, 2.45) is 0 Å². The van der Waals surface area contributed by atoms with E-state index < -0.39 is 0 Å². The maximum absolute atomic E-state index is 5.22. The van der Waals surface area contributed by atoms with Crippen LogP contribution in [0.25, 0.3) is 23.1 Å². The van der Waals surface area contributed by atoms with Gasteiger partial charge in [-0.15, -0.1) is 0 Å². The van der Waals surface area contributed by atoms with Gasteiger partial charge in [0.1, 0.15) is 16.2 Å². The monoisotopic (exact) mass is 419 g/mol. The van der Waals surface area contributed by atoms with Crippen molar-refractivity contribution in [3.63, 3.8) is 0 Å². The third-order valence-corrected chi connectivity index (χ3v) is 4.70. The molecule has 0 N–H and O–H groups in total. The van der Waals surface area contributed by atoms with E-state index in [2.05, 4.69) is 54.7 Å². The summed E-state index contributed by atoms with van der Waals surface area (Å²) in [7, 11) is 1.67. The Hall–Kier alpha value is -2.92. The van der Waals surface area contributed by atoms with Crippen LogP contribution in [0.4, 0.5) is 0 Å². The van der Waals surface area contributed by atoms with Crippen LogP contribution in [0.5, 0.6) is 5.75 Å². The summed E-state index contributed by atoms with van der Waals surface area (Å²) in [5.41, 5.74) is 3.07. The van der Waals surface area contributed by atoms with E-state index >= 15 is 0 Å². The number of aromatic nitrogens is 3. The second kappa shape index (κ2) is 7.76. The van der Waals surface area contributed by atoms with E-state index in [-0.39, 0.29) is 0 Å². The summed E-state index contributed by atoms with van der Waals surface area (Å²) in [5, 5.41) is 1.14. The van der Waals surface area contributed by atoms with E-state index in [0.717, 1.165) is 39.3 Å². The van der Waals surface area contributed by atoms with Crippen LogP contribution in [0.2, 0.25) is 0 Å². The molecule has 0 unspecified atom stereocenters. The molecule has 0 radical (unpaired) electrons. The first kappa shape index (κ1) is 17.5. The number of ether oxygens (including phenoxy) is 1. The second-order valence-corrected chi connectivity index (χ2v) is 6.97. The van der Waals surface area contributed by atoms with Crippen molar-refractivity contribution < 1.29 is 4.74 Å². The topological polar surface area (TPSA) is 39.9 Å². The molecule has 0 atom stereocenters. The van der Waals surface area contributed by atoms with Crippen molar-refractivity contribution in [2.45, 2.75) is 6.54 Å². The fourth-order valence-corrected chi connectivity index (χ4v) is 3.35. The lowest BCUT2D eigenvalue weighted by Crippen LogP contribution is -2.01. The van der Waals surface area contributed by atoms with Crippen LogP contribution in [0.1, 0.15) is 17.1 Å². The summed E-state index contributed by atoms with van der Waals surface area (Å²) in [6, 6.07) is 20.3. The summed E-state index contributed by atoms with van der Waals surface area (Å²) < 4.78 is 8.13. The van der Waals surface area contributed by atoms with Crippen LogP contribution in [0.3, 0.4) is 0 Å². The highest BCUT2D eigenvalue weighted by Crippen LogP contribution is 2.18. The fraction of sp³-hybridized carbons (Fsp3) is 0.0909. The number of methoxy groups -OCH3 is 1. The zero-order valence-corrected chi connectivity index (χ0v) is 16.4. The summed E-state index contributed by atoms with van der Waals surface area (Å²) in [6.07, 6.45) is 5.97. The lowest BCUT2D eigenvalue weighted by atomic mass is 10.2. The number of rotatable bonds is 5. The van der Waals surface area contributed by atoms with Crippen LogP contribution in [0, 0.1) is 0 Å². The molecule has 2 heterocycles. The van der Waals surface area contributed by atoms with Gasteiger partial charge in [0.15, 0.2) is 0 Å². The van der Waals surface area contributed by atoms with Crippen LogP contribution in [-0.2, 0) is 6.54 Å². The Morgan fingerprint density at radius 3 is 2.59 bits per heavy atom. The van der Waals surface area contributed by atoms with E-state index in [1.807, 2.05) is 54.7 Å². The smallest absolute Gasteiger partial charge is 0.134 e. The van der Waals surface area contributed by atoms with Gasteiger partial charge in [0.2, 0.25) is 0 Å². The molecule has 2 aromatic carbocycles. The third-order valence-electron chi connectivity index (χ3n) is 4.31. The molecule has 0 aliphatic carbocycles. The lowest BCUT2D eigenvalue weighted by molar-refractivity contribution is 0.414. The van der Waals surface area contributed by atoms with Gasteiger partial charge in [-0.2, -0.15) is 0 Å². The summed E-state index contributed by atoms with van der Waals surface area (Å²) in [6.45, 7) is 0.730. The first-order chi connectivity index (χ1) is 13.2. The van der Waals surface area contributed by atoms with Gasteiger partial charge in [-0.1, -0.05) is 36.4 Å². The molecular formula is C22H18BrN3O. The summed E-state index contributed by atoms with van der Waals surface area (Å²) in [4.78, 5) is 9.24. The number of fused-ring (bicyclic) bond motifs is 1. The Bertz CT molecular complexity index is 1100. The molecule has 0 spiro atoms. The van der Waals surface area contributed by atoms with Crippen LogP contribution >= 0.6 is 15.9 Å². The normalized spacial score (nSPS) is 11.3. The van der Waals surface area contributed by atoms with Crippen LogP contribution in [0.15, 0.2) is 71.5 Å². The SMILES string of the molecule is COc1ccc(Cn2cc(Br)nc2C=Cc2ccc3ccccc3n2)cc1. The minimum atomic E-state index is 0.730. The van der Waals surface area contributed by atoms with Gasteiger partial charge in [-0.05, 0) is 57.9 Å². The molecular weight excluding hydrogens is 402 g/mol. The molecule has 0 fully saturated rings. The van der Waals surface area contributed by atoms with Gasteiger partial charge in [0.25, 0.3) is 0 Å². The van der Waals surface area contributed by atoms with Gasteiger partial charge in [-0.3, -0.25) is 0 Å². The van der Waals surface area contributed by atoms with Gasteiger partial charge >= 0.3 is 0 Å². The van der Waals surface area contributed by atoms with E-state index in [0.29, 0.717) is 0 Å². The number of nitrogens with zero attached hydrogens (tertiary/aromatic N) is 3. The number of hydrogen-bond acceptors (Lipinski definition) is 3. The largest absolute Gasteiger partial charge is 0.497 e. The molecule has 4 aromatic rings. The Kier molecular flexibility index (Phi) is 5.03. The molecule has 27 heavy (non-hydrogen) atoms. The third kappa shape index (κ3) is 4.09. The molecule has 134 valence electrons. The van der Waals surface area contributed by atoms with Crippen LogP contribution in [-0.4, -0.2) is 21.6 Å². The Balaban J connectivity index is 1.58. The molecule has 0 amide bonds. The van der Waals surface area contributed by atoms with Gasteiger partial charge in [0, 0.05) is 18.1 Å². The molecule has 2 aromatic heterocycles. The van der Waals surface area contributed by atoms with Gasteiger partial charge < -0.3 is 9.30 Å². The van der Waals surface area contributed by atoms with Crippen molar-refractivity contribution in [1.82, 2.24) is 14.5 Å². The number of benzene rings is 2. The first-order valence-corrected chi connectivity index (χ1v) is 9.40. The van der Waals surface area contributed by atoms with E-state index in [9.17, 15) is 0 Å². The predicted octanol–water partition coefficient (Wildman–Crippen LogP) is 5.42. The maximum Gasteiger partial charge on any atom is 0.134 e. The summed E-state index contributed by atoms with van der Waals surface area (Å²) in [5.74, 6) is 1.72. The van der Waals surface area contributed by atoms with Crippen molar-refractivity contribution in [1.29, 1.82) is 0 Å². The molecule has 0 aliphatic rings. The Morgan fingerprint density at radius 1 is 0.963 bits per heavy atom. The molecule has 0 saturated carbocycles. The average molecular weight is 420 g/mol. The number of para-hydroxylation sites is 1. The van der Waals surface area contributed by atoms with E-state index in [1.54, 1.807) is 7.11 Å². The number of imidazole rings is 1. The maximum atomic E-state index is 5.22. The van der Waals surface area contributed by atoms with E-state index in [4.69, 9.17) is 4.74 Å². The number of pyridine rings is 1. The molecule has 0 aliphatic heterocycles. The fourth-order valence-electron chi connectivity index (χ4n) is 2.92. The number of halogens is 1. The Morgan fingerprint density at radius 2 is 1.78 bits per heavy atom. The highest BCUT2D eigenvalue weighted by Gasteiger charge is 2.05. The molecule has 0 saturated heterocycles. The second-order valence-electron chi connectivity index (χ2n) is 6.16. The Labute approximate surface area is 166 Å². The number of hydrogen-bond donors (Lipinski definition) is 0.